The zero-order chi connectivity index (χ0) is 12.7. The zero-order valence-electron chi connectivity index (χ0n) is 9.52. The van der Waals surface area contributed by atoms with Crippen LogP contribution in [0.5, 0.6) is 0 Å². The molecule has 92 valence electrons. The largest absolute Gasteiger partial charge is 0.466 e. The van der Waals surface area contributed by atoms with Gasteiger partial charge in [-0.15, -0.1) is 0 Å². The second-order valence-electron chi connectivity index (χ2n) is 2.88. The summed E-state index contributed by atoms with van der Waals surface area (Å²) in [4.78, 5) is 22.2. The Balaban J connectivity index is 2.66. The Kier molecular flexibility index (Phi) is 4.74. The summed E-state index contributed by atoms with van der Waals surface area (Å²) in [6.07, 6.45) is 3.85. The van der Waals surface area contributed by atoms with Gasteiger partial charge in [-0.2, -0.15) is 5.10 Å². The van der Waals surface area contributed by atoms with Crippen molar-refractivity contribution < 1.29 is 19.1 Å². The van der Waals surface area contributed by atoms with Gasteiger partial charge < -0.3 is 14.8 Å². The molecule has 2 N–H and O–H groups in total. The fraction of sp³-hybridized carbons (Fsp3) is 0.300. The van der Waals surface area contributed by atoms with Gasteiger partial charge in [0.1, 0.15) is 11.4 Å². The minimum atomic E-state index is -0.505. The van der Waals surface area contributed by atoms with E-state index in [1.807, 2.05) is 0 Å². The maximum atomic E-state index is 11.4. The number of anilines is 1. The van der Waals surface area contributed by atoms with Crippen LogP contribution in [-0.2, 0) is 14.3 Å². The topological polar surface area (TPSA) is 93.3 Å². The number of carbonyl (C=O) groups excluding carboxylic acids is 2. The van der Waals surface area contributed by atoms with Crippen molar-refractivity contribution in [3.8, 4) is 0 Å². The number of rotatable bonds is 5. The number of aromatic nitrogens is 2. The van der Waals surface area contributed by atoms with Crippen LogP contribution in [0.15, 0.2) is 18.5 Å². The van der Waals surface area contributed by atoms with Crippen molar-refractivity contribution in [3.05, 3.63) is 24.0 Å². The molecular weight excluding hydrogens is 226 g/mol. The molecule has 0 bridgehead atoms. The fourth-order valence-electron chi connectivity index (χ4n) is 1.02. The summed E-state index contributed by atoms with van der Waals surface area (Å²) in [7, 11) is 1.27. The molecule has 0 amide bonds. The summed E-state index contributed by atoms with van der Waals surface area (Å²) >= 11 is 0. The van der Waals surface area contributed by atoms with Crippen LogP contribution in [0.4, 0.5) is 5.82 Å². The number of carbonyl (C=O) groups is 2. The molecule has 0 aliphatic rings. The number of esters is 2. The van der Waals surface area contributed by atoms with Crippen LogP contribution in [0, 0.1) is 0 Å². The maximum absolute atomic E-state index is 11.4. The second kappa shape index (κ2) is 6.31. The van der Waals surface area contributed by atoms with Gasteiger partial charge in [0.2, 0.25) is 0 Å². The number of methoxy groups -OCH3 is 1. The Bertz CT molecular complexity index is 425. The Labute approximate surface area is 97.8 Å². The van der Waals surface area contributed by atoms with Crippen molar-refractivity contribution in [1.29, 1.82) is 0 Å². The van der Waals surface area contributed by atoms with Gasteiger partial charge in [0.15, 0.2) is 0 Å². The standard InChI is InChI=1S/C10H13N3O4/c1-3-17-10(15)7-6-12-13-9(7)11-5-4-8(14)16-2/h4-6H,3H2,1-2H3,(H2,11,12,13)/b5-4+. The Hall–Kier alpha value is -2.31. The number of aromatic amines is 1. The normalized spacial score (nSPS) is 10.2. The highest BCUT2D eigenvalue weighted by atomic mass is 16.5. The van der Waals surface area contributed by atoms with Gasteiger partial charge in [-0.25, -0.2) is 9.59 Å². The van der Waals surface area contributed by atoms with Crippen LogP contribution < -0.4 is 5.32 Å². The lowest BCUT2D eigenvalue weighted by atomic mass is 10.3. The van der Waals surface area contributed by atoms with Gasteiger partial charge in [-0.05, 0) is 6.92 Å². The highest BCUT2D eigenvalue weighted by Gasteiger charge is 2.13. The molecule has 0 saturated heterocycles. The van der Waals surface area contributed by atoms with E-state index < -0.39 is 11.9 Å². The maximum Gasteiger partial charge on any atom is 0.343 e. The van der Waals surface area contributed by atoms with Crippen LogP contribution in [0.3, 0.4) is 0 Å². The first kappa shape index (κ1) is 12.8. The van der Waals surface area contributed by atoms with Gasteiger partial charge in [0.05, 0.1) is 19.9 Å². The predicted molar refractivity (Wildman–Crippen MR) is 59.3 cm³/mol. The first-order valence-corrected chi connectivity index (χ1v) is 4.90. The van der Waals surface area contributed by atoms with Crippen molar-refractivity contribution in [3.63, 3.8) is 0 Å². The molecule has 0 aliphatic heterocycles. The van der Waals surface area contributed by atoms with E-state index in [1.165, 1.54) is 25.6 Å². The van der Waals surface area contributed by atoms with Gasteiger partial charge in [-0.3, -0.25) is 5.10 Å². The minimum Gasteiger partial charge on any atom is -0.466 e. The average molecular weight is 239 g/mol. The second-order valence-corrected chi connectivity index (χ2v) is 2.88. The van der Waals surface area contributed by atoms with Crippen molar-refractivity contribution in [2.24, 2.45) is 0 Å². The zero-order valence-corrected chi connectivity index (χ0v) is 9.52. The molecule has 17 heavy (non-hydrogen) atoms. The first-order valence-electron chi connectivity index (χ1n) is 4.90. The van der Waals surface area contributed by atoms with Crippen LogP contribution in [0.1, 0.15) is 17.3 Å². The van der Waals surface area contributed by atoms with E-state index in [1.54, 1.807) is 6.92 Å². The average Bonchev–Trinajstić information content (AvgIpc) is 2.77. The van der Waals surface area contributed by atoms with E-state index in [0.29, 0.717) is 5.82 Å². The van der Waals surface area contributed by atoms with Crippen LogP contribution >= 0.6 is 0 Å². The van der Waals surface area contributed by atoms with Gasteiger partial charge in [0.25, 0.3) is 0 Å². The molecule has 7 heteroatoms. The molecule has 1 aromatic heterocycles. The highest BCUT2D eigenvalue weighted by molar-refractivity contribution is 5.94. The molecule has 0 atom stereocenters. The molecule has 7 nitrogen and oxygen atoms in total. The van der Waals surface area contributed by atoms with E-state index in [0.717, 1.165) is 0 Å². The van der Waals surface area contributed by atoms with E-state index in [4.69, 9.17) is 4.74 Å². The Morgan fingerprint density at radius 2 is 2.35 bits per heavy atom. The molecule has 0 radical (unpaired) electrons. The molecule has 0 fully saturated rings. The molecule has 1 heterocycles. The van der Waals surface area contributed by atoms with Crippen molar-refractivity contribution in [1.82, 2.24) is 10.2 Å². The van der Waals surface area contributed by atoms with E-state index in [9.17, 15) is 9.59 Å². The van der Waals surface area contributed by atoms with Gasteiger partial charge in [-0.1, -0.05) is 0 Å². The van der Waals surface area contributed by atoms with Crippen molar-refractivity contribution in [2.75, 3.05) is 19.0 Å². The van der Waals surface area contributed by atoms with Gasteiger partial charge >= 0.3 is 11.9 Å². The lowest BCUT2D eigenvalue weighted by Gasteiger charge is -2.01. The van der Waals surface area contributed by atoms with Crippen molar-refractivity contribution in [2.45, 2.75) is 6.92 Å². The summed E-state index contributed by atoms with van der Waals surface area (Å²) in [6, 6.07) is 0. The molecular formula is C10H13N3O4. The molecule has 1 aromatic rings. The molecule has 0 aliphatic carbocycles. The minimum absolute atomic E-state index is 0.265. The van der Waals surface area contributed by atoms with E-state index >= 15 is 0 Å². The van der Waals surface area contributed by atoms with E-state index in [2.05, 4.69) is 20.3 Å². The number of nitrogens with zero attached hydrogens (tertiary/aromatic N) is 1. The molecule has 0 unspecified atom stereocenters. The van der Waals surface area contributed by atoms with Gasteiger partial charge in [0, 0.05) is 12.3 Å². The quantitative estimate of drug-likeness (QED) is 0.580. The highest BCUT2D eigenvalue weighted by Crippen LogP contribution is 2.12. The fourth-order valence-corrected chi connectivity index (χ4v) is 1.02. The summed E-state index contributed by atoms with van der Waals surface area (Å²) in [5, 5.41) is 8.97. The lowest BCUT2D eigenvalue weighted by molar-refractivity contribution is -0.134. The Morgan fingerprint density at radius 3 is 3.00 bits per heavy atom. The van der Waals surface area contributed by atoms with Crippen LogP contribution in [-0.4, -0.2) is 35.9 Å². The monoisotopic (exact) mass is 239 g/mol. The van der Waals surface area contributed by atoms with Crippen LogP contribution in [0.2, 0.25) is 0 Å². The lowest BCUT2D eigenvalue weighted by Crippen LogP contribution is -2.06. The third-order valence-electron chi connectivity index (χ3n) is 1.78. The predicted octanol–water partition coefficient (Wildman–Crippen LogP) is 0.685. The number of ether oxygens (including phenoxy) is 2. The number of hydrogen-bond donors (Lipinski definition) is 2. The van der Waals surface area contributed by atoms with Crippen LogP contribution in [0.25, 0.3) is 0 Å². The number of hydrogen-bond acceptors (Lipinski definition) is 6. The summed E-state index contributed by atoms with van der Waals surface area (Å²) in [5.74, 6) is -0.645. The number of H-pyrrole nitrogens is 1. The third-order valence-corrected chi connectivity index (χ3v) is 1.78. The smallest absolute Gasteiger partial charge is 0.343 e. The summed E-state index contributed by atoms with van der Waals surface area (Å²) in [5.41, 5.74) is 0.265. The summed E-state index contributed by atoms with van der Waals surface area (Å²) < 4.78 is 9.22. The molecule has 0 saturated carbocycles. The Morgan fingerprint density at radius 1 is 1.59 bits per heavy atom. The first-order chi connectivity index (χ1) is 8.19. The van der Waals surface area contributed by atoms with Crippen molar-refractivity contribution >= 4 is 17.8 Å². The van der Waals surface area contributed by atoms with E-state index in [-0.39, 0.29) is 12.2 Å². The molecule has 0 aromatic carbocycles. The molecule has 1 rings (SSSR count). The SMILES string of the molecule is CCOC(=O)c1cn[nH]c1N/C=C/C(=O)OC. The third kappa shape index (κ3) is 3.63. The number of nitrogens with one attached hydrogen (secondary N) is 2. The summed E-state index contributed by atoms with van der Waals surface area (Å²) in [6.45, 7) is 1.99. The molecule has 0 spiro atoms.